The van der Waals surface area contributed by atoms with Crippen LogP contribution in [0.25, 0.3) is 0 Å². The van der Waals surface area contributed by atoms with Crippen LogP contribution < -0.4 is 5.32 Å². The van der Waals surface area contributed by atoms with Gasteiger partial charge in [0.1, 0.15) is 11.9 Å². The molecule has 0 spiro atoms. The molecule has 0 aliphatic rings. The molecule has 1 rings (SSSR count). The number of carbonyl (C=O) groups excluding carboxylic acids is 3. The van der Waals surface area contributed by atoms with Crippen molar-refractivity contribution in [2.24, 2.45) is 5.92 Å². The van der Waals surface area contributed by atoms with Crippen LogP contribution in [0.4, 0.5) is 4.39 Å². The third kappa shape index (κ3) is 5.59. The number of benzene rings is 1. The molecule has 1 aromatic carbocycles. The fraction of sp³-hybridized carbons (Fsp3) is 0.438. The van der Waals surface area contributed by atoms with Crippen LogP contribution in [-0.4, -0.2) is 37.6 Å². The molecule has 0 radical (unpaired) electrons. The van der Waals surface area contributed by atoms with Crippen molar-refractivity contribution >= 4 is 33.8 Å². The highest BCUT2D eigenvalue weighted by molar-refractivity contribution is 9.10. The molecule has 8 heteroatoms. The first-order valence-corrected chi connectivity index (χ1v) is 8.08. The molecule has 0 unspecified atom stereocenters. The number of nitrogens with one attached hydrogen (secondary N) is 1. The highest BCUT2D eigenvalue weighted by Crippen LogP contribution is 2.18. The van der Waals surface area contributed by atoms with Crippen molar-refractivity contribution in [3.8, 4) is 0 Å². The average molecular weight is 404 g/mol. The van der Waals surface area contributed by atoms with E-state index in [0.29, 0.717) is 10.9 Å². The Labute approximate surface area is 147 Å². The summed E-state index contributed by atoms with van der Waals surface area (Å²) in [5, 5.41) is 2.47. The maximum Gasteiger partial charge on any atom is 0.339 e. The molecular weight excluding hydrogens is 385 g/mol. The van der Waals surface area contributed by atoms with E-state index in [-0.39, 0.29) is 11.5 Å². The molecule has 0 aliphatic heterocycles. The van der Waals surface area contributed by atoms with Crippen LogP contribution in [0.15, 0.2) is 22.7 Å². The minimum Gasteiger partial charge on any atom is -0.467 e. The first-order valence-electron chi connectivity index (χ1n) is 7.29. The van der Waals surface area contributed by atoms with Crippen LogP contribution >= 0.6 is 15.9 Å². The Morgan fingerprint density at radius 2 is 2.00 bits per heavy atom. The third-order valence-corrected chi connectivity index (χ3v) is 4.16. The number of halogens is 2. The van der Waals surface area contributed by atoms with Gasteiger partial charge in [0.15, 0.2) is 6.61 Å². The van der Waals surface area contributed by atoms with E-state index >= 15 is 0 Å². The van der Waals surface area contributed by atoms with Crippen molar-refractivity contribution in [3.63, 3.8) is 0 Å². The van der Waals surface area contributed by atoms with E-state index in [1.165, 1.54) is 19.2 Å². The Morgan fingerprint density at radius 3 is 2.58 bits per heavy atom. The van der Waals surface area contributed by atoms with E-state index in [2.05, 4.69) is 26.0 Å². The van der Waals surface area contributed by atoms with Crippen LogP contribution in [0.5, 0.6) is 0 Å². The molecule has 1 amide bonds. The van der Waals surface area contributed by atoms with E-state index < -0.39 is 36.3 Å². The Hall–Kier alpha value is -1.96. The maximum absolute atomic E-state index is 13.2. The lowest BCUT2D eigenvalue weighted by Crippen LogP contribution is -2.47. The first-order chi connectivity index (χ1) is 11.3. The maximum atomic E-state index is 13.2. The Bertz CT molecular complexity index is 622. The van der Waals surface area contributed by atoms with Gasteiger partial charge in [-0.3, -0.25) is 4.79 Å². The van der Waals surface area contributed by atoms with E-state index in [4.69, 9.17) is 4.74 Å². The normalized spacial score (nSPS) is 12.9. The van der Waals surface area contributed by atoms with Crippen LogP contribution in [-0.2, 0) is 19.1 Å². The lowest BCUT2D eigenvalue weighted by atomic mass is 9.99. The number of hydrogen-bond acceptors (Lipinski definition) is 5. The number of ether oxygens (including phenoxy) is 2. The van der Waals surface area contributed by atoms with Gasteiger partial charge in [0.25, 0.3) is 5.91 Å². The lowest BCUT2D eigenvalue weighted by Gasteiger charge is -2.21. The number of esters is 2. The molecule has 24 heavy (non-hydrogen) atoms. The van der Waals surface area contributed by atoms with Gasteiger partial charge in [-0.25, -0.2) is 14.0 Å². The summed E-state index contributed by atoms with van der Waals surface area (Å²) < 4.78 is 23.0. The van der Waals surface area contributed by atoms with Gasteiger partial charge in [-0.15, -0.1) is 0 Å². The van der Waals surface area contributed by atoms with E-state index in [0.717, 1.165) is 6.07 Å². The molecule has 6 nitrogen and oxygen atoms in total. The minimum absolute atomic E-state index is 0.0331. The molecule has 0 saturated carbocycles. The molecule has 1 N–H and O–H groups in total. The van der Waals surface area contributed by atoms with Crippen molar-refractivity contribution < 1.29 is 28.2 Å². The van der Waals surface area contributed by atoms with Gasteiger partial charge in [0.2, 0.25) is 0 Å². The van der Waals surface area contributed by atoms with Gasteiger partial charge < -0.3 is 14.8 Å². The monoisotopic (exact) mass is 403 g/mol. The quantitative estimate of drug-likeness (QED) is 0.707. The number of methoxy groups -OCH3 is 1. The summed E-state index contributed by atoms with van der Waals surface area (Å²) in [6.45, 7) is 3.07. The number of hydrogen-bond donors (Lipinski definition) is 1. The van der Waals surface area contributed by atoms with Crippen molar-refractivity contribution in [2.75, 3.05) is 13.7 Å². The molecule has 0 bridgehead atoms. The van der Waals surface area contributed by atoms with Crippen LogP contribution in [0.3, 0.4) is 0 Å². The van der Waals surface area contributed by atoms with Crippen molar-refractivity contribution in [1.29, 1.82) is 0 Å². The summed E-state index contributed by atoms with van der Waals surface area (Å²) >= 11 is 3.11. The smallest absolute Gasteiger partial charge is 0.339 e. The van der Waals surface area contributed by atoms with Gasteiger partial charge in [-0.1, -0.05) is 20.3 Å². The molecule has 0 fully saturated rings. The standard InChI is InChI=1S/C16H19BrFNO5/c1-4-9(2)14(16(22)23-3)19-13(20)8-24-15(21)11-7-10(18)5-6-12(11)17/h5-7,9,14H,4,8H2,1-3H3,(H,19,20)/t9-,14-/m1/s1. The highest BCUT2D eigenvalue weighted by Gasteiger charge is 2.27. The summed E-state index contributed by atoms with van der Waals surface area (Å²) in [7, 11) is 1.23. The van der Waals surface area contributed by atoms with Gasteiger partial charge >= 0.3 is 11.9 Å². The second kappa shape index (κ2) is 9.36. The Morgan fingerprint density at radius 1 is 1.33 bits per heavy atom. The summed E-state index contributed by atoms with van der Waals surface area (Å²) in [6, 6.07) is 2.72. The predicted octanol–water partition coefficient (Wildman–Crippen LogP) is 2.45. The second-order valence-corrected chi connectivity index (χ2v) is 6.01. The summed E-state index contributed by atoms with van der Waals surface area (Å²) in [4.78, 5) is 35.5. The third-order valence-electron chi connectivity index (χ3n) is 3.47. The average Bonchev–Trinajstić information content (AvgIpc) is 2.58. The highest BCUT2D eigenvalue weighted by atomic mass is 79.9. The first kappa shape index (κ1) is 20.1. The molecule has 132 valence electrons. The topological polar surface area (TPSA) is 81.7 Å². The van der Waals surface area contributed by atoms with Crippen molar-refractivity contribution in [1.82, 2.24) is 5.32 Å². The second-order valence-electron chi connectivity index (χ2n) is 5.15. The molecule has 0 aliphatic carbocycles. The number of amides is 1. The van der Waals surface area contributed by atoms with Gasteiger partial charge in [0.05, 0.1) is 12.7 Å². The SMILES string of the molecule is CC[C@@H](C)[C@@H](NC(=O)COC(=O)c1cc(F)ccc1Br)C(=O)OC. The number of rotatable bonds is 7. The van der Waals surface area contributed by atoms with Crippen LogP contribution in [0.2, 0.25) is 0 Å². The molecule has 0 aromatic heterocycles. The molecule has 1 aromatic rings. The molecule has 0 heterocycles. The Kier molecular flexibility index (Phi) is 7.84. The number of carbonyl (C=O) groups is 3. The van der Waals surface area contributed by atoms with Crippen LogP contribution in [0.1, 0.15) is 30.6 Å². The molecule has 2 atom stereocenters. The van der Waals surface area contributed by atoms with E-state index in [9.17, 15) is 18.8 Å². The summed E-state index contributed by atoms with van der Waals surface area (Å²) in [5.74, 6) is -2.82. The van der Waals surface area contributed by atoms with E-state index in [1.54, 1.807) is 6.92 Å². The predicted molar refractivity (Wildman–Crippen MR) is 87.8 cm³/mol. The minimum atomic E-state index is -0.852. The fourth-order valence-corrected chi connectivity index (χ4v) is 2.28. The molecular formula is C16H19BrFNO5. The summed E-state index contributed by atoms with van der Waals surface area (Å²) in [6.07, 6.45) is 0.649. The zero-order valence-electron chi connectivity index (χ0n) is 13.6. The lowest BCUT2D eigenvalue weighted by molar-refractivity contribution is -0.147. The van der Waals surface area contributed by atoms with Crippen molar-refractivity contribution in [2.45, 2.75) is 26.3 Å². The zero-order chi connectivity index (χ0) is 18.3. The summed E-state index contributed by atoms with van der Waals surface area (Å²) in [5.41, 5.74) is -0.0331. The van der Waals surface area contributed by atoms with Gasteiger partial charge in [0, 0.05) is 4.47 Å². The van der Waals surface area contributed by atoms with Gasteiger partial charge in [-0.2, -0.15) is 0 Å². The fourth-order valence-electron chi connectivity index (χ4n) is 1.87. The largest absolute Gasteiger partial charge is 0.467 e. The van der Waals surface area contributed by atoms with E-state index in [1.807, 2.05) is 6.92 Å². The zero-order valence-corrected chi connectivity index (χ0v) is 15.2. The van der Waals surface area contributed by atoms with Gasteiger partial charge in [-0.05, 0) is 40.0 Å². The molecule has 0 saturated heterocycles. The van der Waals surface area contributed by atoms with Crippen molar-refractivity contribution in [3.05, 3.63) is 34.1 Å². The Balaban J connectivity index is 2.66. The van der Waals surface area contributed by atoms with Crippen LogP contribution in [0, 0.1) is 11.7 Å².